The lowest BCUT2D eigenvalue weighted by Gasteiger charge is -2.40. The highest BCUT2D eigenvalue weighted by Crippen LogP contribution is 2.32. The van der Waals surface area contributed by atoms with Crippen LogP contribution < -0.4 is 11.3 Å². The molecule has 0 amide bonds. The molecule has 0 rings (SSSR count). The van der Waals surface area contributed by atoms with Crippen LogP contribution in [0.15, 0.2) is 0 Å². The standard InChI is InChI=1S/C9H22N2/c1-8(2,3)7(11-10)9(4,5)6/h7,11H,10H2,1-6H3. The maximum atomic E-state index is 5.50. The van der Waals surface area contributed by atoms with Gasteiger partial charge in [0.1, 0.15) is 0 Å². The molecule has 0 aliphatic rings. The van der Waals surface area contributed by atoms with Crippen molar-refractivity contribution in [2.24, 2.45) is 16.7 Å². The zero-order chi connectivity index (χ0) is 9.28. The minimum atomic E-state index is 0.215. The predicted molar refractivity (Wildman–Crippen MR) is 50.0 cm³/mol. The van der Waals surface area contributed by atoms with E-state index < -0.39 is 0 Å². The van der Waals surface area contributed by atoms with E-state index in [0.29, 0.717) is 6.04 Å². The molecule has 0 unspecified atom stereocenters. The average molecular weight is 158 g/mol. The van der Waals surface area contributed by atoms with Gasteiger partial charge >= 0.3 is 0 Å². The minimum absolute atomic E-state index is 0.215. The van der Waals surface area contributed by atoms with Crippen LogP contribution in [0.5, 0.6) is 0 Å². The molecule has 0 bridgehead atoms. The maximum absolute atomic E-state index is 5.50. The Morgan fingerprint density at radius 1 is 0.909 bits per heavy atom. The first kappa shape index (κ1) is 10.9. The third-order valence-electron chi connectivity index (χ3n) is 1.90. The molecule has 0 aromatic carbocycles. The molecule has 2 heteroatoms. The van der Waals surface area contributed by atoms with Crippen LogP contribution in [0.3, 0.4) is 0 Å². The van der Waals surface area contributed by atoms with Crippen LogP contribution in [0.4, 0.5) is 0 Å². The molecular weight excluding hydrogens is 136 g/mol. The SMILES string of the molecule is CC(C)(C)C(NN)C(C)(C)C. The fourth-order valence-corrected chi connectivity index (χ4v) is 1.80. The number of hydrazine groups is 1. The topological polar surface area (TPSA) is 38.0 Å². The van der Waals surface area contributed by atoms with Gasteiger partial charge in [-0.05, 0) is 10.8 Å². The summed E-state index contributed by atoms with van der Waals surface area (Å²) in [5.41, 5.74) is 3.31. The molecule has 3 N–H and O–H groups in total. The van der Waals surface area contributed by atoms with Gasteiger partial charge in [0, 0.05) is 6.04 Å². The minimum Gasteiger partial charge on any atom is -0.271 e. The summed E-state index contributed by atoms with van der Waals surface area (Å²) in [6.45, 7) is 13.2. The Hall–Kier alpha value is -0.0800. The monoisotopic (exact) mass is 158 g/mol. The molecule has 0 heterocycles. The molecule has 0 radical (unpaired) electrons. The van der Waals surface area contributed by atoms with Crippen molar-refractivity contribution in [3.8, 4) is 0 Å². The second-order valence-electron chi connectivity index (χ2n) is 5.33. The van der Waals surface area contributed by atoms with Gasteiger partial charge in [0.2, 0.25) is 0 Å². The van der Waals surface area contributed by atoms with Gasteiger partial charge in [-0.25, -0.2) is 0 Å². The Morgan fingerprint density at radius 3 is 1.18 bits per heavy atom. The predicted octanol–water partition coefficient (Wildman–Crippen LogP) is 1.91. The summed E-state index contributed by atoms with van der Waals surface area (Å²) in [5, 5.41) is 0. The van der Waals surface area contributed by atoms with Gasteiger partial charge in [0.25, 0.3) is 0 Å². The van der Waals surface area contributed by atoms with Crippen LogP contribution in [0.1, 0.15) is 41.5 Å². The van der Waals surface area contributed by atoms with Gasteiger partial charge < -0.3 is 0 Å². The first-order chi connectivity index (χ1) is 4.69. The van der Waals surface area contributed by atoms with Crippen molar-refractivity contribution in [3.05, 3.63) is 0 Å². The molecule has 68 valence electrons. The van der Waals surface area contributed by atoms with Gasteiger partial charge in [-0.1, -0.05) is 41.5 Å². The summed E-state index contributed by atoms with van der Waals surface area (Å²) < 4.78 is 0. The number of nitrogens with one attached hydrogen (secondary N) is 1. The van der Waals surface area contributed by atoms with E-state index in [2.05, 4.69) is 47.0 Å². The third kappa shape index (κ3) is 3.21. The Labute approximate surface area is 70.5 Å². The van der Waals surface area contributed by atoms with Gasteiger partial charge in [-0.2, -0.15) is 0 Å². The Kier molecular flexibility index (Phi) is 3.09. The van der Waals surface area contributed by atoms with Gasteiger partial charge in [-0.3, -0.25) is 11.3 Å². The van der Waals surface area contributed by atoms with E-state index in [0.717, 1.165) is 0 Å². The van der Waals surface area contributed by atoms with E-state index in [4.69, 9.17) is 5.84 Å². The molecule has 0 saturated carbocycles. The highest BCUT2D eigenvalue weighted by molar-refractivity contribution is 4.88. The second kappa shape index (κ2) is 3.11. The molecule has 0 fully saturated rings. The van der Waals surface area contributed by atoms with E-state index in [-0.39, 0.29) is 10.8 Å². The maximum Gasteiger partial charge on any atom is 0.0307 e. The van der Waals surface area contributed by atoms with Crippen molar-refractivity contribution < 1.29 is 0 Å². The van der Waals surface area contributed by atoms with E-state index in [9.17, 15) is 0 Å². The molecule has 0 saturated heterocycles. The largest absolute Gasteiger partial charge is 0.271 e. The first-order valence-corrected chi connectivity index (χ1v) is 4.15. The third-order valence-corrected chi connectivity index (χ3v) is 1.90. The zero-order valence-electron chi connectivity index (χ0n) is 8.65. The fourth-order valence-electron chi connectivity index (χ4n) is 1.80. The van der Waals surface area contributed by atoms with Crippen molar-refractivity contribution >= 4 is 0 Å². The lowest BCUT2D eigenvalue weighted by atomic mass is 9.72. The van der Waals surface area contributed by atoms with Crippen molar-refractivity contribution in [2.75, 3.05) is 0 Å². The van der Waals surface area contributed by atoms with Crippen molar-refractivity contribution in [3.63, 3.8) is 0 Å². The highest BCUT2D eigenvalue weighted by Gasteiger charge is 2.33. The van der Waals surface area contributed by atoms with Gasteiger partial charge in [-0.15, -0.1) is 0 Å². The fraction of sp³-hybridized carbons (Fsp3) is 1.00. The number of hydrogen-bond acceptors (Lipinski definition) is 2. The normalized spacial score (nSPS) is 14.2. The lowest BCUT2D eigenvalue weighted by Crippen LogP contribution is -2.52. The van der Waals surface area contributed by atoms with Crippen LogP contribution >= 0.6 is 0 Å². The molecule has 0 aromatic rings. The molecule has 0 aromatic heterocycles. The summed E-state index contributed by atoms with van der Waals surface area (Å²) in [6.07, 6.45) is 0. The second-order valence-corrected chi connectivity index (χ2v) is 5.33. The van der Waals surface area contributed by atoms with Gasteiger partial charge in [0.05, 0.1) is 0 Å². The molecule has 0 aliphatic carbocycles. The van der Waals surface area contributed by atoms with Crippen LogP contribution in [0, 0.1) is 10.8 Å². The van der Waals surface area contributed by atoms with Crippen molar-refractivity contribution in [1.82, 2.24) is 5.43 Å². The Balaban J connectivity index is 4.43. The number of nitrogens with two attached hydrogens (primary N) is 1. The Bertz CT molecular complexity index is 103. The van der Waals surface area contributed by atoms with Crippen LogP contribution in [0.25, 0.3) is 0 Å². The molecule has 2 nitrogen and oxygen atoms in total. The molecule has 0 spiro atoms. The zero-order valence-corrected chi connectivity index (χ0v) is 8.65. The first-order valence-electron chi connectivity index (χ1n) is 4.15. The lowest BCUT2D eigenvalue weighted by molar-refractivity contribution is 0.141. The average Bonchev–Trinajstić information content (AvgIpc) is 1.56. The van der Waals surface area contributed by atoms with Crippen molar-refractivity contribution in [1.29, 1.82) is 0 Å². The van der Waals surface area contributed by atoms with E-state index >= 15 is 0 Å². The summed E-state index contributed by atoms with van der Waals surface area (Å²) in [7, 11) is 0. The summed E-state index contributed by atoms with van der Waals surface area (Å²) >= 11 is 0. The van der Waals surface area contributed by atoms with Crippen LogP contribution in [-0.2, 0) is 0 Å². The molecule has 0 aliphatic heterocycles. The Morgan fingerprint density at radius 2 is 1.18 bits per heavy atom. The number of hydrogen-bond donors (Lipinski definition) is 2. The molecular formula is C9H22N2. The highest BCUT2D eigenvalue weighted by atomic mass is 15.2. The van der Waals surface area contributed by atoms with E-state index in [1.165, 1.54) is 0 Å². The molecule has 0 atom stereocenters. The van der Waals surface area contributed by atoms with Crippen LogP contribution in [-0.4, -0.2) is 6.04 Å². The summed E-state index contributed by atoms with van der Waals surface area (Å²) in [5.74, 6) is 5.50. The smallest absolute Gasteiger partial charge is 0.0307 e. The quantitative estimate of drug-likeness (QED) is 0.452. The van der Waals surface area contributed by atoms with Crippen LogP contribution in [0.2, 0.25) is 0 Å². The summed E-state index contributed by atoms with van der Waals surface area (Å²) in [6, 6.07) is 0.343. The van der Waals surface area contributed by atoms with E-state index in [1.807, 2.05) is 0 Å². The van der Waals surface area contributed by atoms with E-state index in [1.54, 1.807) is 0 Å². The summed E-state index contributed by atoms with van der Waals surface area (Å²) in [4.78, 5) is 0. The van der Waals surface area contributed by atoms with Gasteiger partial charge in [0.15, 0.2) is 0 Å². The van der Waals surface area contributed by atoms with Crippen molar-refractivity contribution in [2.45, 2.75) is 47.6 Å². The number of rotatable bonds is 1. The molecule has 11 heavy (non-hydrogen) atoms.